The SMILES string of the molecule is COc1cc(NC(=O)CCC2CCCN(S(=O)(=O)c3ccccc3C)C2)cc(OC)c1. The van der Waals surface area contributed by atoms with Gasteiger partial charge in [-0.2, -0.15) is 4.31 Å². The van der Waals surface area contributed by atoms with Crippen molar-refractivity contribution in [2.45, 2.75) is 37.5 Å². The van der Waals surface area contributed by atoms with Crippen molar-refractivity contribution in [3.63, 3.8) is 0 Å². The van der Waals surface area contributed by atoms with Crippen LogP contribution < -0.4 is 14.8 Å². The minimum absolute atomic E-state index is 0.116. The Morgan fingerprint density at radius 3 is 2.45 bits per heavy atom. The molecule has 1 N–H and O–H groups in total. The zero-order chi connectivity index (χ0) is 22.4. The fourth-order valence-corrected chi connectivity index (χ4v) is 5.68. The summed E-state index contributed by atoms with van der Waals surface area (Å²) in [6, 6.07) is 12.3. The second-order valence-electron chi connectivity index (χ2n) is 7.82. The van der Waals surface area contributed by atoms with Crippen LogP contribution >= 0.6 is 0 Å². The lowest BCUT2D eigenvalue weighted by molar-refractivity contribution is -0.116. The molecule has 1 heterocycles. The Labute approximate surface area is 184 Å². The van der Waals surface area contributed by atoms with Gasteiger partial charge in [-0.25, -0.2) is 8.42 Å². The topological polar surface area (TPSA) is 84.9 Å². The molecule has 1 unspecified atom stereocenters. The molecular weight excluding hydrogens is 416 g/mol. The fraction of sp³-hybridized carbons (Fsp3) is 0.435. The Morgan fingerprint density at radius 2 is 1.81 bits per heavy atom. The molecule has 1 aliphatic heterocycles. The van der Waals surface area contributed by atoms with E-state index in [0.717, 1.165) is 18.4 Å². The van der Waals surface area contributed by atoms with Crippen LogP contribution in [-0.2, 0) is 14.8 Å². The highest BCUT2D eigenvalue weighted by Gasteiger charge is 2.31. The first-order valence-corrected chi connectivity index (χ1v) is 11.9. The molecule has 8 heteroatoms. The van der Waals surface area contributed by atoms with Gasteiger partial charge in [-0.1, -0.05) is 18.2 Å². The maximum Gasteiger partial charge on any atom is 0.243 e. The minimum atomic E-state index is -3.52. The van der Waals surface area contributed by atoms with E-state index >= 15 is 0 Å². The first-order valence-electron chi connectivity index (χ1n) is 10.4. The highest BCUT2D eigenvalue weighted by molar-refractivity contribution is 7.89. The molecule has 0 aliphatic carbocycles. The Bertz CT molecular complexity index is 1000. The summed E-state index contributed by atoms with van der Waals surface area (Å²) >= 11 is 0. The molecule has 2 aromatic rings. The Balaban J connectivity index is 1.59. The van der Waals surface area contributed by atoms with Crippen molar-refractivity contribution in [3.8, 4) is 11.5 Å². The predicted molar refractivity (Wildman–Crippen MR) is 120 cm³/mol. The number of carbonyl (C=O) groups excluding carboxylic acids is 1. The van der Waals surface area contributed by atoms with Gasteiger partial charge in [-0.3, -0.25) is 4.79 Å². The van der Waals surface area contributed by atoms with Gasteiger partial charge < -0.3 is 14.8 Å². The lowest BCUT2D eigenvalue weighted by atomic mass is 9.94. The van der Waals surface area contributed by atoms with Crippen LogP contribution in [0.15, 0.2) is 47.4 Å². The van der Waals surface area contributed by atoms with Crippen LogP contribution in [0.2, 0.25) is 0 Å². The van der Waals surface area contributed by atoms with E-state index in [1.807, 2.05) is 19.1 Å². The number of carbonyl (C=O) groups is 1. The first kappa shape index (κ1) is 23.1. The minimum Gasteiger partial charge on any atom is -0.497 e. The van der Waals surface area contributed by atoms with Gasteiger partial charge in [0.15, 0.2) is 0 Å². The van der Waals surface area contributed by atoms with Crippen molar-refractivity contribution < 1.29 is 22.7 Å². The maximum absolute atomic E-state index is 13.1. The summed E-state index contributed by atoms with van der Waals surface area (Å²) in [7, 11) is -0.412. The number of hydrogen-bond acceptors (Lipinski definition) is 5. The highest BCUT2D eigenvalue weighted by atomic mass is 32.2. The fourth-order valence-electron chi connectivity index (χ4n) is 3.90. The van der Waals surface area contributed by atoms with Crippen molar-refractivity contribution >= 4 is 21.6 Å². The normalized spacial score (nSPS) is 17.2. The average Bonchev–Trinajstić information content (AvgIpc) is 2.77. The number of aryl methyl sites for hydroxylation is 1. The summed E-state index contributed by atoms with van der Waals surface area (Å²) in [5.74, 6) is 1.23. The van der Waals surface area contributed by atoms with Crippen molar-refractivity contribution in [2.75, 3.05) is 32.6 Å². The highest BCUT2D eigenvalue weighted by Crippen LogP contribution is 2.29. The molecule has 0 aromatic heterocycles. The standard InChI is InChI=1S/C23H30N2O5S/c1-17-7-4-5-9-22(17)31(27,28)25-12-6-8-18(16-25)10-11-23(26)24-19-13-20(29-2)15-21(14-19)30-3/h4-5,7,9,13-15,18H,6,8,10-12,16H2,1-3H3,(H,24,26). The van der Waals surface area contributed by atoms with Gasteiger partial charge in [0.2, 0.25) is 15.9 Å². The second kappa shape index (κ2) is 10.2. The summed E-state index contributed by atoms with van der Waals surface area (Å²) in [4.78, 5) is 12.8. The van der Waals surface area contributed by atoms with Gasteiger partial charge >= 0.3 is 0 Å². The molecule has 1 fully saturated rings. The first-order chi connectivity index (χ1) is 14.8. The molecule has 3 rings (SSSR count). The molecule has 2 aromatic carbocycles. The van der Waals surface area contributed by atoms with E-state index in [9.17, 15) is 13.2 Å². The summed E-state index contributed by atoms with van der Waals surface area (Å²) in [6.45, 7) is 2.77. The van der Waals surface area contributed by atoms with Crippen LogP contribution in [0.1, 0.15) is 31.2 Å². The van der Waals surface area contributed by atoms with Crippen molar-refractivity contribution in [1.29, 1.82) is 0 Å². The quantitative estimate of drug-likeness (QED) is 0.666. The number of methoxy groups -OCH3 is 2. The molecule has 0 spiro atoms. The van der Waals surface area contributed by atoms with Crippen molar-refractivity contribution in [3.05, 3.63) is 48.0 Å². The maximum atomic E-state index is 13.1. The molecule has 1 amide bonds. The van der Waals surface area contributed by atoms with E-state index in [4.69, 9.17) is 9.47 Å². The zero-order valence-electron chi connectivity index (χ0n) is 18.3. The number of sulfonamides is 1. The van der Waals surface area contributed by atoms with Gasteiger partial charge in [0, 0.05) is 43.4 Å². The third kappa shape index (κ3) is 5.77. The van der Waals surface area contributed by atoms with E-state index < -0.39 is 10.0 Å². The lowest BCUT2D eigenvalue weighted by Gasteiger charge is -2.32. The Hall–Kier alpha value is -2.58. The van der Waals surface area contributed by atoms with Crippen LogP contribution in [0.25, 0.3) is 0 Å². The molecule has 0 radical (unpaired) electrons. The zero-order valence-corrected chi connectivity index (χ0v) is 19.1. The third-order valence-corrected chi connectivity index (χ3v) is 7.63. The van der Waals surface area contributed by atoms with E-state index in [1.165, 1.54) is 0 Å². The monoisotopic (exact) mass is 446 g/mol. The molecule has 1 atom stereocenters. The molecule has 0 bridgehead atoms. The molecule has 1 aliphatic rings. The predicted octanol–water partition coefficient (Wildman–Crippen LogP) is 3.83. The number of hydrogen-bond donors (Lipinski definition) is 1. The molecule has 1 saturated heterocycles. The van der Waals surface area contributed by atoms with E-state index in [0.29, 0.717) is 48.0 Å². The van der Waals surface area contributed by atoms with Gasteiger partial charge in [0.25, 0.3) is 0 Å². The van der Waals surface area contributed by atoms with Gasteiger partial charge in [0.05, 0.1) is 19.1 Å². The van der Waals surface area contributed by atoms with E-state index in [-0.39, 0.29) is 11.8 Å². The van der Waals surface area contributed by atoms with Crippen LogP contribution in [0.4, 0.5) is 5.69 Å². The second-order valence-corrected chi connectivity index (χ2v) is 9.73. The molecule has 31 heavy (non-hydrogen) atoms. The van der Waals surface area contributed by atoms with Crippen molar-refractivity contribution in [1.82, 2.24) is 4.31 Å². The Kier molecular flexibility index (Phi) is 7.56. The number of nitrogens with one attached hydrogen (secondary N) is 1. The van der Waals surface area contributed by atoms with Crippen LogP contribution in [0.5, 0.6) is 11.5 Å². The summed E-state index contributed by atoms with van der Waals surface area (Å²) in [5, 5.41) is 2.87. The average molecular weight is 447 g/mol. The molecule has 0 saturated carbocycles. The number of benzene rings is 2. The van der Waals surface area contributed by atoms with E-state index in [1.54, 1.807) is 48.9 Å². The number of amides is 1. The number of rotatable bonds is 8. The number of ether oxygens (including phenoxy) is 2. The summed E-state index contributed by atoms with van der Waals surface area (Å²) in [6.07, 6.45) is 2.67. The molecule has 7 nitrogen and oxygen atoms in total. The molecular formula is C23H30N2O5S. The number of piperidine rings is 1. The van der Waals surface area contributed by atoms with Crippen molar-refractivity contribution in [2.24, 2.45) is 5.92 Å². The van der Waals surface area contributed by atoms with Gasteiger partial charge in [-0.15, -0.1) is 0 Å². The largest absolute Gasteiger partial charge is 0.497 e. The number of anilines is 1. The molecule has 168 valence electrons. The number of nitrogens with zero attached hydrogens (tertiary/aromatic N) is 1. The van der Waals surface area contributed by atoms with Crippen LogP contribution in [0.3, 0.4) is 0 Å². The Morgan fingerprint density at radius 1 is 1.13 bits per heavy atom. The summed E-state index contributed by atoms with van der Waals surface area (Å²) < 4.78 is 38.2. The van der Waals surface area contributed by atoms with Crippen LogP contribution in [0, 0.1) is 12.8 Å². The van der Waals surface area contributed by atoms with Gasteiger partial charge in [-0.05, 0) is 43.7 Å². The van der Waals surface area contributed by atoms with Gasteiger partial charge in [0.1, 0.15) is 11.5 Å². The smallest absolute Gasteiger partial charge is 0.243 e. The lowest BCUT2D eigenvalue weighted by Crippen LogP contribution is -2.40. The van der Waals surface area contributed by atoms with E-state index in [2.05, 4.69) is 5.32 Å². The van der Waals surface area contributed by atoms with Crippen LogP contribution in [-0.4, -0.2) is 45.9 Å². The third-order valence-electron chi connectivity index (χ3n) is 5.61. The summed E-state index contributed by atoms with van der Waals surface area (Å²) in [5.41, 5.74) is 1.35.